The molecule has 2 aliphatic heterocycles. The van der Waals surface area contributed by atoms with Crippen LogP contribution in [0.1, 0.15) is 25.0 Å². The van der Waals surface area contributed by atoms with Crippen LogP contribution in [0.2, 0.25) is 0 Å². The van der Waals surface area contributed by atoms with Crippen LogP contribution in [0, 0.1) is 5.92 Å². The van der Waals surface area contributed by atoms with E-state index in [0.717, 1.165) is 58.4 Å². The molecule has 0 aromatic heterocycles. The average Bonchev–Trinajstić information content (AvgIpc) is 2.81. The molecule has 0 spiro atoms. The van der Waals surface area contributed by atoms with E-state index in [0.29, 0.717) is 5.92 Å². The predicted molar refractivity (Wildman–Crippen MR) is 144 cm³/mol. The van der Waals surface area contributed by atoms with Gasteiger partial charge in [0.1, 0.15) is 0 Å². The highest BCUT2D eigenvalue weighted by Gasteiger charge is 2.17. The summed E-state index contributed by atoms with van der Waals surface area (Å²) in [5, 5.41) is 7.04. The lowest BCUT2D eigenvalue weighted by Gasteiger charge is -2.35. The molecule has 1 unspecified atom stereocenters. The first-order valence-corrected chi connectivity index (χ1v) is 11.9. The minimum atomic E-state index is 0. The molecule has 2 fully saturated rings. The third-order valence-corrected chi connectivity index (χ3v) is 6.39. The lowest BCUT2D eigenvalue weighted by atomic mass is 10.1. The van der Waals surface area contributed by atoms with Gasteiger partial charge in [-0.25, -0.2) is 0 Å². The number of piperazine rings is 1. The lowest BCUT2D eigenvalue weighted by molar-refractivity contribution is 0.0341. The van der Waals surface area contributed by atoms with Crippen molar-refractivity contribution in [3.05, 3.63) is 35.4 Å². The zero-order chi connectivity index (χ0) is 21.9. The summed E-state index contributed by atoms with van der Waals surface area (Å²) in [6, 6.07) is 8.71. The molecule has 0 aliphatic carbocycles. The number of rotatable bonds is 9. The van der Waals surface area contributed by atoms with Gasteiger partial charge in [0.2, 0.25) is 0 Å². The Kier molecular flexibility index (Phi) is 12.8. The summed E-state index contributed by atoms with van der Waals surface area (Å²) in [5.41, 5.74) is 2.71. The fraction of sp³-hybridized carbons (Fsp3) is 0.708. The standard InChI is InChI=1S/C24H42N6O.HI/c1-4-28-9-11-29(12-10-28)19-21(2)17-26-24(25-3)27-18-22-7-5-6-8-23(22)20-30-13-15-31-16-14-30;/h5-8,21H,4,9-20H2,1-3H3,(H2,25,26,27);1H. The van der Waals surface area contributed by atoms with Crippen molar-refractivity contribution in [2.24, 2.45) is 10.9 Å². The molecule has 1 aromatic carbocycles. The van der Waals surface area contributed by atoms with Crippen molar-refractivity contribution in [2.75, 3.05) is 79.2 Å². The molecule has 182 valence electrons. The number of hydrogen-bond donors (Lipinski definition) is 2. The predicted octanol–water partition coefficient (Wildman–Crippen LogP) is 2.08. The largest absolute Gasteiger partial charge is 0.379 e. The van der Waals surface area contributed by atoms with Crippen LogP contribution in [-0.2, 0) is 17.8 Å². The van der Waals surface area contributed by atoms with Crippen LogP contribution >= 0.6 is 24.0 Å². The van der Waals surface area contributed by atoms with E-state index in [1.165, 1.54) is 43.9 Å². The molecular weight excluding hydrogens is 515 g/mol. The maximum Gasteiger partial charge on any atom is 0.191 e. The van der Waals surface area contributed by atoms with Crippen molar-refractivity contribution >= 4 is 29.9 Å². The van der Waals surface area contributed by atoms with Gasteiger partial charge in [-0.2, -0.15) is 0 Å². The molecule has 7 nitrogen and oxygen atoms in total. The van der Waals surface area contributed by atoms with Gasteiger partial charge in [-0.15, -0.1) is 24.0 Å². The van der Waals surface area contributed by atoms with Gasteiger partial charge in [0.15, 0.2) is 5.96 Å². The lowest BCUT2D eigenvalue weighted by Crippen LogP contribution is -2.48. The Morgan fingerprint density at radius 2 is 1.62 bits per heavy atom. The molecule has 0 bridgehead atoms. The first-order valence-electron chi connectivity index (χ1n) is 11.9. The van der Waals surface area contributed by atoms with Gasteiger partial charge in [-0.3, -0.25) is 9.89 Å². The first kappa shape index (κ1) is 27.3. The second-order valence-electron chi connectivity index (χ2n) is 8.80. The number of halogens is 1. The van der Waals surface area contributed by atoms with E-state index in [-0.39, 0.29) is 24.0 Å². The summed E-state index contributed by atoms with van der Waals surface area (Å²) in [6.45, 7) is 18.0. The van der Waals surface area contributed by atoms with Crippen molar-refractivity contribution in [3.8, 4) is 0 Å². The van der Waals surface area contributed by atoms with Crippen molar-refractivity contribution in [3.63, 3.8) is 0 Å². The van der Waals surface area contributed by atoms with E-state index in [1.54, 1.807) is 0 Å². The number of ether oxygens (including phenoxy) is 1. The molecule has 3 rings (SSSR count). The molecule has 32 heavy (non-hydrogen) atoms. The monoisotopic (exact) mass is 558 g/mol. The Morgan fingerprint density at radius 3 is 2.28 bits per heavy atom. The van der Waals surface area contributed by atoms with E-state index in [1.807, 2.05) is 7.05 Å². The highest BCUT2D eigenvalue weighted by molar-refractivity contribution is 14.0. The molecule has 2 saturated heterocycles. The number of likely N-dealkylation sites (N-methyl/N-ethyl adjacent to an activating group) is 1. The number of benzene rings is 1. The summed E-state index contributed by atoms with van der Waals surface area (Å²) in [7, 11) is 1.85. The number of nitrogens with zero attached hydrogens (tertiary/aromatic N) is 4. The van der Waals surface area contributed by atoms with Crippen molar-refractivity contribution in [1.82, 2.24) is 25.3 Å². The minimum Gasteiger partial charge on any atom is -0.379 e. The molecule has 0 saturated carbocycles. The molecular formula is C24H43IN6O. The zero-order valence-corrected chi connectivity index (χ0v) is 22.5. The maximum absolute atomic E-state index is 5.48. The SMILES string of the molecule is CCN1CCN(CC(C)CNC(=NC)NCc2ccccc2CN2CCOCC2)CC1.I. The van der Waals surface area contributed by atoms with E-state index < -0.39 is 0 Å². The molecule has 8 heteroatoms. The summed E-state index contributed by atoms with van der Waals surface area (Å²) >= 11 is 0. The Bertz CT molecular complexity index is 674. The number of aliphatic imine (C=N–C) groups is 1. The van der Waals surface area contributed by atoms with Gasteiger partial charge in [0.05, 0.1) is 13.2 Å². The summed E-state index contributed by atoms with van der Waals surface area (Å²) in [5.74, 6) is 1.46. The highest BCUT2D eigenvalue weighted by atomic mass is 127. The third-order valence-electron chi connectivity index (χ3n) is 6.39. The fourth-order valence-electron chi connectivity index (χ4n) is 4.35. The van der Waals surface area contributed by atoms with Gasteiger partial charge in [0.25, 0.3) is 0 Å². The Balaban J connectivity index is 0.00000363. The van der Waals surface area contributed by atoms with Crippen LogP contribution in [0.15, 0.2) is 29.3 Å². The van der Waals surface area contributed by atoms with Crippen LogP contribution < -0.4 is 10.6 Å². The topological polar surface area (TPSA) is 55.4 Å². The number of hydrogen-bond acceptors (Lipinski definition) is 5. The smallest absolute Gasteiger partial charge is 0.191 e. The molecule has 0 amide bonds. The molecule has 2 N–H and O–H groups in total. The van der Waals surface area contributed by atoms with Gasteiger partial charge < -0.3 is 25.2 Å². The average molecular weight is 559 g/mol. The molecule has 2 aliphatic rings. The van der Waals surface area contributed by atoms with Gasteiger partial charge >= 0.3 is 0 Å². The second-order valence-corrected chi connectivity index (χ2v) is 8.80. The number of nitrogens with one attached hydrogen (secondary N) is 2. The number of morpholine rings is 1. The van der Waals surface area contributed by atoms with Crippen molar-refractivity contribution < 1.29 is 4.74 Å². The second kappa shape index (κ2) is 15.1. The van der Waals surface area contributed by atoms with Crippen molar-refractivity contribution in [2.45, 2.75) is 26.9 Å². The summed E-state index contributed by atoms with van der Waals surface area (Å²) in [6.07, 6.45) is 0. The van der Waals surface area contributed by atoms with E-state index >= 15 is 0 Å². The molecule has 1 aromatic rings. The highest BCUT2D eigenvalue weighted by Crippen LogP contribution is 2.13. The molecule has 1 atom stereocenters. The number of guanidine groups is 1. The van der Waals surface area contributed by atoms with E-state index in [9.17, 15) is 0 Å². The van der Waals surface area contributed by atoms with E-state index in [4.69, 9.17) is 4.74 Å². The quantitative estimate of drug-likeness (QED) is 0.275. The van der Waals surface area contributed by atoms with Crippen LogP contribution in [0.3, 0.4) is 0 Å². The first-order chi connectivity index (χ1) is 15.2. The Morgan fingerprint density at radius 1 is 0.969 bits per heavy atom. The van der Waals surface area contributed by atoms with Crippen LogP contribution in [0.5, 0.6) is 0 Å². The van der Waals surface area contributed by atoms with Gasteiger partial charge in [-0.05, 0) is 23.6 Å². The molecule has 0 radical (unpaired) electrons. The minimum absolute atomic E-state index is 0. The molecule has 2 heterocycles. The van der Waals surface area contributed by atoms with Crippen LogP contribution in [-0.4, -0.2) is 99.8 Å². The van der Waals surface area contributed by atoms with Crippen molar-refractivity contribution in [1.29, 1.82) is 0 Å². The van der Waals surface area contributed by atoms with Crippen LogP contribution in [0.25, 0.3) is 0 Å². The fourth-order valence-corrected chi connectivity index (χ4v) is 4.35. The summed E-state index contributed by atoms with van der Waals surface area (Å²) in [4.78, 5) is 12.0. The van der Waals surface area contributed by atoms with E-state index in [2.05, 4.69) is 68.4 Å². The zero-order valence-electron chi connectivity index (χ0n) is 20.2. The maximum atomic E-state index is 5.48. The van der Waals surface area contributed by atoms with Gasteiger partial charge in [0, 0.05) is 72.5 Å². The Labute approximate surface area is 212 Å². The van der Waals surface area contributed by atoms with Crippen LogP contribution in [0.4, 0.5) is 0 Å². The normalized spacial score (nSPS) is 19.9. The third kappa shape index (κ3) is 9.13. The van der Waals surface area contributed by atoms with Gasteiger partial charge in [-0.1, -0.05) is 38.1 Å². The summed E-state index contributed by atoms with van der Waals surface area (Å²) < 4.78 is 5.48. The Hall–Kier alpha value is -0.940.